The van der Waals surface area contributed by atoms with Crippen LogP contribution in [0.3, 0.4) is 0 Å². The van der Waals surface area contributed by atoms with Crippen LogP contribution in [-0.4, -0.2) is 12.7 Å². The molecule has 0 heterocycles. The van der Waals surface area contributed by atoms with E-state index in [2.05, 4.69) is 5.32 Å². The van der Waals surface area contributed by atoms with Gasteiger partial charge in [-0.25, -0.2) is 0 Å². The molecule has 0 unspecified atom stereocenters. The van der Waals surface area contributed by atoms with Gasteiger partial charge in [-0.1, -0.05) is 18.2 Å². The van der Waals surface area contributed by atoms with Crippen molar-refractivity contribution in [3.05, 3.63) is 29.3 Å². The first kappa shape index (κ1) is 10.9. The smallest absolute Gasteiger partial charge is 0.376 e. The van der Waals surface area contributed by atoms with E-state index in [0.717, 1.165) is 11.1 Å². The van der Waals surface area contributed by atoms with Gasteiger partial charge < -0.3 is 5.32 Å². The van der Waals surface area contributed by atoms with Crippen LogP contribution in [-0.2, 0) is 0 Å². The number of aryl methyl sites for hydroxylation is 2. The molecule has 0 saturated heterocycles. The van der Waals surface area contributed by atoms with Crippen LogP contribution in [0, 0.1) is 13.8 Å². The Morgan fingerprint density at radius 3 is 2.07 bits per heavy atom. The molecule has 0 spiro atoms. The maximum Gasteiger partial charge on any atom is 0.405 e. The highest BCUT2D eigenvalue weighted by Crippen LogP contribution is 2.22. The van der Waals surface area contributed by atoms with Crippen LogP contribution in [0.5, 0.6) is 0 Å². The number of anilines is 1. The molecule has 1 aromatic rings. The van der Waals surface area contributed by atoms with Gasteiger partial charge in [0.25, 0.3) is 0 Å². The van der Waals surface area contributed by atoms with E-state index >= 15 is 0 Å². The van der Waals surface area contributed by atoms with Gasteiger partial charge >= 0.3 is 6.18 Å². The first-order chi connectivity index (χ1) is 6.40. The van der Waals surface area contributed by atoms with Crippen molar-refractivity contribution in [3.8, 4) is 0 Å². The van der Waals surface area contributed by atoms with Crippen LogP contribution in [0.4, 0.5) is 18.9 Å². The summed E-state index contributed by atoms with van der Waals surface area (Å²) in [6.07, 6.45) is -4.17. The number of rotatable bonds is 2. The quantitative estimate of drug-likeness (QED) is 0.777. The second-order valence-corrected chi connectivity index (χ2v) is 3.24. The summed E-state index contributed by atoms with van der Waals surface area (Å²) in [6, 6.07) is 5.39. The molecule has 0 fully saturated rings. The van der Waals surface area contributed by atoms with Crippen molar-refractivity contribution in [1.29, 1.82) is 0 Å². The molecule has 1 rings (SSSR count). The van der Waals surface area contributed by atoms with E-state index < -0.39 is 12.7 Å². The SMILES string of the molecule is Cc1cccc(C)c1NCC(F)(F)F. The van der Waals surface area contributed by atoms with Gasteiger partial charge in [-0.05, 0) is 25.0 Å². The molecule has 1 aromatic carbocycles. The Hall–Kier alpha value is -1.19. The summed E-state index contributed by atoms with van der Waals surface area (Å²) in [7, 11) is 0. The van der Waals surface area contributed by atoms with Crippen LogP contribution >= 0.6 is 0 Å². The van der Waals surface area contributed by atoms with Gasteiger partial charge in [-0.15, -0.1) is 0 Å². The molecule has 0 aliphatic carbocycles. The third-order valence-corrected chi connectivity index (χ3v) is 1.95. The maximum atomic E-state index is 11.9. The van der Waals surface area contributed by atoms with E-state index in [4.69, 9.17) is 0 Å². The Labute approximate surface area is 80.9 Å². The third-order valence-electron chi connectivity index (χ3n) is 1.95. The highest BCUT2D eigenvalue weighted by Gasteiger charge is 2.26. The van der Waals surface area contributed by atoms with Crippen molar-refractivity contribution in [1.82, 2.24) is 0 Å². The predicted octanol–water partition coefficient (Wildman–Crippen LogP) is 3.28. The Balaban J connectivity index is 2.77. The number of halogens is 3. The van der Waals surface area contributed by atoms with Crippen molar-refractivity contribution in [2.24, 2.45) is 0 Å². The normalized spacial score (nSPS) is 11.5. The maximum absolute atomic E-state index is 11.9. The van der Waals surface area contributed by atoms with Gasteiger partial charge in [-0.3, -0.25) is 0 Å². The van der Waals surface area contributed by atoms with E-state index in [-0.39, 0.29) is 0 Å². The van der Waals surface area contributed by atoms with Crippen LogP contribution in [0.1, 0.15) is 11.1 Å². The fourth-order valence-corrected chi connectivity index (χ4v) is 1.28. The van der Waals surface area contributed by atoms with E-state index in [1.54, 1.807) is 26.0 Å². The van der Waals surface area contributed by atoms with Gasteiger partial charge in [0.05, 0.1) is 0 Å². The molecule has 0 aliphatic heterocycles. The minimum atomic E-state index is -4.17. The molecule has 78 valence electrons. The van der Waals surface area contributed by atoms with Crippen molar-refractivity contribution in [2.45, 2.75) is 20.0 Å². The van der Waals surface area contributed by atoms with Crippen LogP contribution in [0.2, 0.25) is 0 Å². The van der Waals surface area contributed by atoms with Crippen molar-refractivity contribution in [3.63, 3.8) is 0 Å². The molecule has 0 saturated carbocycles. The van der Waals surface area contributed by atoms with E-state index in [1.165, 1.54) is 0 Å². The minimum Gasteiger partial charge on any atom is -0.376 e. The highest BCUT2D eigenvalue weighted by atomic mass is 19.4. The zero-order chi connectivity index (χ0) is 10.8. The molecule has 14 heavy (non-hydrogen) atoms. The van der Waals surface area contributed by atoms with Gasteiger partial charge in [0.1, 0.15) is 6.54 Å². The predicted molar refractivity (Wildman–Crippen MR) is 50.5 cm³/mol. The van der Waals surface area contributed by atoms with E-state index in [1.807, 2.05) is 6.07 Å². The number of para-hydroxylation sites is 1. The summed E-state index contributed by atoms with van der Waals surface area (Å²) in [5, 5.41) is 2.40. The van der Waals surface area contributed by atoms with Crippen LogP contribution in [0.25, 0.3) is 0 Å². The Bertz CT molecular complexity index is 297. The summed E-state index contributed by atoms with van der Waals surface area (Å²) in [6.45, 7) is 2.58. The second-order valence-electron chi connectivity index (χ2n) is 3.24. The Kier molecular flexibility index (Phi) is 3.03. The summed E-state index contributed by atoms with van der Waals surface area (Å²) in [5.41, 5.74) is 2.23. The zero-order valence-electron chi connectivity index (χ0n) is 8.07. The standard InChI is InChI=1S/C10H12F3N/c1-7-4-3-5-8(2)9(7)14-6-10(11,12)13/h3-5,14H,6H2,1-2H3. The molecule has 0 atom stereocenters. The molecule has 1 N–H and O–H groups in total. The fourth-order valence-electron chi connectivity index (χ4n) is 1.28. The lowest BCUT2D eigenvalue weighted by atomic mass is 10.1. The van der Waals surface area contributed by atoms with Crippen molar-refractivity contribution >= 4 is 5.69 Å². The van der Waals surface area contributed by atoms with Gasteiger partial charge in [0.2, 0.25) is 0 Å². The van der Waals surface area contributed by atoms with E-state index in [9.17, 15) is 13.2 Å². The third kappa shape index (κ3) is 2.94. The second kappa shape index (κ2) is 3.90. The monoisotopic (exact) mass is 203 g/mol. The fraction of sp³-hybridized carbons (Fsp3) is 0.400. The molecule has 0 radical (unpaired) electrons. The van der Waals surface area contributed by atoms with Gasteiger partial charge in [0, 0.05) is 5.69 Å². The van der Waals surface area contributed by atoms with Crippen LogP contribution < -0.4 is 5.32 Å². The first-order valence-electron chi connectivity index (χ1n) is 4.27. The summed E-state index contributed by atoms with van der Waals surface area (Å²) in [4.78, 5) is 0. The van der Waals surface area contributed by atoms with Crippen molar-refractivity contribution < 1.29 is 13.2 Å². The summed E-state index contributed by atoms with van der Waals surface area (Å²) in [5.74, 6) is 0. The van der Waals surface area contributed by atoms with E-state index in [0.29, 0.717) is 5.69 Å². The number of benzene rings is 1. The Morgan fingerprint density at radius 1 is 1.14 bits per heavy atom. The molecule has 4 heteroatoms. The van der Waals surface area contributed by atoms with Crippen LogP contribution in [0.15, 0.2) is 18.2 Å². The summed E-state index contributed by atoms with van der Waals surface area (Å²) < 4.78 is 35.8. The Morgan fingerprint density at radius 2 is 1.64 bits per heavy atom. The van der Waals surface area contributed by atoms with Gasteiger partial charge in [0.15, 0.2) is 0 Å². The van der Waals surface area contributed by atoms with Gasteiger partial charge in [-0.2, -0.15) is 13.2 Å². The molecule has 0 aromatic heterocycles. The van der Waals surface area contributed by atoms with Crippen molar-refractivity contribution in [2.75, 3.05) is 11.9 Å². The highest BCUT2D eigenvalue weighted by molar-refractivity contribution is 5.56. The molecule has 0 amide bonds. The topological polar surface area (TPSA) is 12.0 Å². The number of alkyl halides is 3. The number of nitrogens with one attached hydrogen (secondary N) is 1. The number of hydrogen-bond donors (Lipinski definition) is 1. The largest absolute Gasteiger partial charge is 0.405 e. The average molecular weight is 203 g/mol. The zero-order valence-corrected chi connectivity index (χ0v) is 8.07. The lowest BCUT2D eigenvalue weighted by Crippen LogP contribution is -2.22. The number of hydrogen-bond acceptors (Lipinski definition) is 1. The summed E-state index contributed by atoms with van der Waals surface area (Å²) >= 11 is 0. The molecule has 0 aliphatic rings. The lowest BCUT2D eigenvalue weighted by Gasteiger charge is -2.13. The molecule has 0 bridgehead atoms. The molecular formula is C10H12F3N. The molecule has 1 nitrogen and oxygen atoms in total. The lowest BCUT2D eigenvalue weighted by molar-refractivity contribution is -0.115. The first-order valence-corrected chi connectivity index (χ1v) is 4.27. The average Bonchev–Trinajstić information content (AvgIpc) is 2.01. The minimum absolute atomic E-state index is 0.574. The molecular weight excluding hydrogens is 191 g/mol.